The Balaban J connectivity index is 1.47. The highest BCUT2D eigenvalue weighted by molar-refractivity contribution is 7.91. The highest BCUT2D eigenvalue weighted by Crippen LogP contribution is 2.41. The number of alkyl halides is 3. The molecule has 0 aromatic heterocycles. The van der Waals surface area contributed by atoms with E-state index in [1.54, 1.807) is 25.1 Å². The number of sulfone groups is 1. The minimum atomic E-state index is -4.13. The van der Waals surface area contributed by atoms with Gasteiger partial charge in [-0.15, -0.1) is 0 Å². The molecule has 214 valence electrons. The Morgan fingerprint density at radius 2 is 1.74 bits per heavy atom. The molecule has 4 rings (SSSR count). The molecule has 2 aromatic carbocycles. The van der Waals surface area contributed by atoms with Crippen molar-refractivity contribution in [3.05, 3.63) is 64.7 Å². The van der Waals surface area contributed by atoms with E-state index < -0.39 is 28.0 Å². The summed E-state index contributed by atoms with van der Waals surface area (Å²) in [5, 5.41) is 12.8. The molecule has 1 unspecified atom stereocenters. The average molecular weight is 567 g/mol. The summed E-state index contributed by atoms with van der Waals surface area (Å²) in [6.07, 6.45) is -1.88. The van der Waals surface area contributed by atoms with E-state index in [9.17, 15) is 31.5 Å². The van der Waals surface area contributed by atoms with Crippen molar-refractivity contribution in [1.82, 2.24) is 10.2 Å². The van der Waals surface area contributed by atoms with Gasteiger partial charge in [0.05, 0.1) is 29.2 Å². The number of rotatable bonds is 8. The first-order valence-electron chi connectivity index (χ1n) is 13.6. The number of nitrogens with zero attached hydrogens (tertiary/aromatic N) is 1. The van der Waals surface area contributed by atoms with Gasteiger partial charge < -0.3 is 10.4 Å². The van der Waals surface area contributed by atoms with Crippen LogP contribution in [0.3, 0.4) is 0 Å². The summed E-state index contributed by atoms with van der Waals surface area (Å²) in [5.74, 6) is -1.35. The van der Waals surface area contributed by atoms with E-state index in [0.29, 0.717) is 30.5 Å². The molecule has 0 bridgehead atoms. The fourth-order valence-electron chi connectivity index (χ4n) is 5.89. The minimum absolute atomic E-state index is 0.0179. The van der Waals surface area contributed by atoms with Crippen molar-refractivity contribution in [1.29, 1.82) is 0 Å². The number of halogens is 3. The van der Waals surface area contributed by atoms with Crippen molar-refractivity contribution >= 4 is 15.7 Å². The van der Waals surface area contributed by atoms with Gasteiger partial charge in [-0.2, -0.15) is 13.2 Å². The molecule has 2 aromatic rings. The number of amides is 1. The first-order valence-corrected chi connectivity index (χ1v) is 15.3. The predicted octanol–water partition coefficient (Wildman–Crippen LogP) is 5.37. The normalized spacial score (nSPS) is 23.2. The standard InChI is InChI=1S/C29H37F3N2O4S/c1-3-19-16-34(24-10-8-23(9-11-24)29(30,31)32)17-22-15-21(7-14-26(19)22)28(36)33-27(18-35)20-5-12-25(13-6-20)39(37,38)4-2/h5-7,12-15,19,23-24,27,35H,3-4,8-11,16-18H2,1-2H3,(H,33,36)/t19-,23?,24?,27?/m1/s1. The molecule has 6 nitrogen and oxygen atoms in total. The highest BCUT2D eigenvalue weighted by atomic mass is 32.2. The molecule has 10 heteroatoms. The number of aliphatic hydroxyl groups excluding tert-OH is 1. The van der Waals surface area contributed by atoms with Crippen LogP contribution in [0.1, 0.15) is 85.0 Å². The second kappa shape index (κ2) is 12.0. The fourth-order valence-corrected chi connectivity index (χ4v) is 6.78. The number of hydrogen-bond donors (Lipinski definition) is 2. The highest BCUT2D eigenvalue weighted by Gasteiger charge is 2.42. The average Bonchev–Trinajstić information content (AvgIpc) is 2.94. The van der Waals surface area contributed by atoms with E-state index in [1.165, 1.54) is 17.7 Å². The molecule has 1 aliphatic carbocycles. The predicted molar refractivity (Wildman–Crippen MR) is 143 cm³/mol. The smallest absolute Gasteiger partial charge is 0.391 e. The summed E-state index contributed by atoms with van der Waals surface area (Å²) >= 11 is 0. The Morgan fingerprint density at radius 3 is 2.31 bits per heavy atom. The lowest BCUT2D eigenvalue weighted by atomic mass is 9.81. The Hall–Kier alpha value is -2.43. The number of carbonyl (C=O) groups excluding carboxylic acids is 1. The van der Waals surface area contributed by atoms with E-state index >= 15 is 0 Å². The van der Waals surface area contributed by atoms with Gasteiger partial charge in [-0.1, -0.05) is 32.0 Å². The molecule has 1 saturated carbocycles. The maximum atomic E-state index is 13.2. The van der Waals surface area contributed by atoms with Crippen LogP contribution < -0.4 is 5.32 Å². The van der Waals surface area contributed by atoms with Gasteiger partial charge in [0.15, 0.2) is 9.84 Å². The molecule has 0 radical (unpaired) electrons. The molecular weight excluding hydrogens is 529 g/mol. The van der Waals surface area contributed by atoms with Crippen molar-refractivity contribution in [3.63, 3.8) is 0 Å². The van der Waals surface area contributed by atoms with Crippen LogP contribution in [0.25, 0.3) is 0 Å². The lowest BCUT2D eigenvalue weighted by molar-refractivity contribution is -0.184. The molecular formula is C29H37F3N2O4S. The number of aliphatic hydroxyl groups is 1. The zero-order valence-corrected chi connectivity index (χ0v) is 23.2. The van der Waals surface area contributed by atoms with Crippen LogP contribution in [-0.2, 0) is 16.4 Å². The Labute approximate surface area is 228 Å². The topological polar surface area (TPSA) is 86.7 Å². The van der Waals surface area contributed by atoms with Gasteiger partial charge in [0.1, 0.15) is 0 Å². The lowest BCUT2D eigenvalue weighted by Crippen LogP contribution is -2.44. The lowest BCUT2D eigenvalue weighted by Gasteiger charge is -2.42. The van der Waals surface area contributed by atoms with E-state index in [4.69, 9.17) is 0 Å². The second-order valence-electron chi connectivity index (χ2n) is 10.7. The fraction of sp³-hybridized carbons (Fsp3) is 0.552. The zero-order chi connectivity index (χ0) is 28.4. The van der Waals surface area contributed by atoms with E-state index in [2.05, 4.69) is 17.1 Å². The molecule has 1 amide bonds. The number of benzene rings is 2. The molecule has 1 heterocycles. The van der Waals surface area contributed by atoms with Crippen LogP contribution in [0.5, 0.6) is 0 Å². The SMILES string of the molecule is CC[C@@H]1CN(C2CCC(C(F)(F)F)CC2)Cc2cc(C(=O)NC(CO)c3ccc(S(=O)(=O)CC)cc3)ccc21. The van der Waals surface area contributed by atoms with E-state index in [-0.39, 0.29) is 48.0 Å². The molecule has 2 N–H and O–H groups in total. The van der Waals surface area contributed by atoms with Gasteiger partial charge in [0.25, 0.3) is 5.91 Å². The first kappa shape index (κ1) is 29.6. The molecule has 0 saturated heterocycles. The van der Waals surface area contributed by atoms with Gasteiger partial charge in [0, 0.05) is 24.7 Å². The Bertz CT molecular complexity index is 1260. The molecule has 0 spiro atoms. The first-order chi connectivity index (χ1) is 18.5. The van der Waals surface area contributed by atoms with E-state index in [1.807, 2.05) is 12.1 Å². The van der Waals surface area contributed by atoms with Crippen LogP contribution in [-0.4, -0.2) is 55.5 Å². The third-order valence-corrected chi connectivity index (χ3v) is 10.1. The number of nitrogens with one attached hydrogen (secondary N) is 1. The van der Waals surface area contributed by atoms with Crippen molar-refractivity contribution in [3.8, 4) is 0 Å². The molecule has 1 fully saturated rings. The van der Waals surface area contributed by atoms with Crippen LogP contribution in [0, 0.1) is 5.92 Å². The van der Waals surface area contributed by atoms with Crippen LogP contribution >= 0.6 is 0 Å². The van der Waals surface area contributed by atoms with Gasteiger partial charge in [-0.25, -0.2) is 8.42 Å². The second-order valence-corrected chi connectivity index (χ2v) is 13.0. The number of hydrogen-bond acceptors (Lipinski definition) is 5. The molecule has 1 aliphatic heterocycles. The molecule has 2 aliphatic rings. The third kappa shape index (κ3) is 6.66. The summed E-state index contributed by atoms with van der Waals surface area (Å²) in [7, 11) is -3.36. The summed E-state index contributed by atoms with van der Waals surface area (Å²) < 4.78 is 63.6. The summed E-state index contributed by atoms with van der Waals surface area (Å²) in [6.45, 7) is 4.70. The number of carbonyl (C=O) groups is 1. The number of fused-ring (bicyclic) bond motifs is 1. The molecule has 2 atom stereocenters. The summed E-state index contributed by atoms with van der Waals surface area (Å²) in [4.78, 5) is 15.6. The van der Waals surface area contributed by atoms with Gasteiger partial charge in [0.2, 0.25) is 0 Å². The van der Waals surface area contributed by atoms with Crippen molar-refractivity contribution in [2.45, 2.75) is 81.6 Å². The zero-order valence-electron chi connectivity index (χ0n) is 22.4. The maximum absolute atomic E-state index is 13.2. The van der Waals surface area contributed by atoms with E-state index in [0.717, 1.165) is 18.5 Å². The Kier molecular flexibility index (Phi) is 9.08. The van der Waals surface area contributed by atoms with Gasteiger partial charge in [-0.3, -0.25) is 9.69 Å². The third-order valence-electron chi connectivity index (χ3n) is 8.35. The Morgan fingerprint density at radius 1 is 1.08 bits per heavy atom. The van der Waals surface area contributed by atoms with Crippen molar-refractivity contribution < 1.29 is 31.5 Å². The largest absolute Gasteiger partial charge is 0.394 e. The quantitative estimate of drug-likeness (QED) is 0.449. The summed E-state index contributed by atoms with van der Waals surface area (Å²) in [6, 6.07) is 11.1. The van der Waals surface area contributed by atoms with Crippen molar-refractivity contribution in [2.24, 2.45) is 5.92 Å². The summed E-state index contributed by atoms with van der Waals surface area (Å²) in [5.41, 5.74) is 3.20. The molecule has 39 heavy (non-hydrogen) atoms. The maximum Gasteiger partial charge on any atom is 0.391 e. The van der Waals surface area contributed by atoms with Crippen LogP contribution in [0.15, 0.2) is 47.4 Å². The van der Waals surface area contributed by atoms with Gasteiger partial charge >= 0.3 is 6.18 Å². The monoisotopic (exact) mass is 566 g/mol. The van der Waals surface area contributed by atoms with Crippen LogP contribution in [0.4, 0.5) is 13.2 Å². The van der Waals surface area contributed by atoms with Crippen LogP contribution in [0.2, 0.25) is 0 Å². The van der Waals surface area contributed by atoms with Gasteiger partial charge in [-0.05, 0) is 79.0 Å². The van der Waals surface area contributed by atoms with Crippen molar-refractivity contribution in [2.75, 3.05) is 18.9 Å². The minimum Gasteiger partial charge on any atom is -0.394 e.